The molecule has 1 aromatic heterocycles. The third kappa shape index (κ3) is 2.08. The molecule has 84 valence electrons. The Morgan fingerprint density at radius 3 is 2.56 bits per heavy atom. The maximum Gasteiger partial charge on any atom is 0.449 e. The average Bonchev–Trinajstić information content (AvgIpc) is 2.65. The first-order valence-corrected chi connectivity index (χ1v) is 4.66. The first kappa shape index (κ1) is 10.7. The van der Waals surface area contributed by atoms with Crippen molar-refractivity contribution in [1.29, 1.82) is 0 Å². The van der Waals surface area contributed by atoms with E-state index in [1.807, 2.05) is 13.0 Å². The summed E-state index contributed by atoms with van der Waals surface area (Å²) in [7, 11) is 0. The van der Waals surface area contributed by atoms with Crippen LogP contribution in [0.5, 0.6) is 0 Å². The number of rotatable bonds is 1. The van der Waals surface area contributed by atoms with Gasteiger partial charge in [-0.1, -0.05) is 23.8 Å². The van der Waals surface area contributed by atoms with Crippen molar-refractivity contribution in [3.05, 3.63) is 41.9 Å². The van der Waals surface area contributed by atoms with Crippen LogP contribution in [0.4, 0.5) is 13.2 Å². The molecule has 0 atom stereocenters. The van der Waals surface area contributed by atoms with Gasteiger partial charge in [-0.25, -0.2) is 4.98 Å². The number of alkyl halides is 3. The van der Waals surface area contributed by atoms with E-state index in [1.165, 1.54) is 6.20 Å². The van der Waals surface area contributed by atoms with Crippen molar-refractivity contribution in [2.45, 2.75) is 13.1 Å². The summed E-state index contributed by atoms with van der Waals surface area (Å²) in [6.07, 6.45) is -3.24. The second-order valence-corrected chi connectivity index (χ2v) is 3.51. The molecule has 2 aromatic rings. The van der Waals surface area contributed by atoms with E-state index in [1.54, 1.807) is 18.2 Å². The molecule has 1 heterocycles. The van der Waals surface area contributed by atoms with Gasteiger partial charge in [-0.2, -0.15) is 13.2 Å². The van der Waals surface area contributed by atoms with Crippen LogP contribution in [0.15, 0.2) is 30.5 Å². The molecule has 0 saturated heterocycles. The number of aromatic nitrogens is 2. The van der Waals surface area contributed by atoms with Crippen molar-refractivity contribution in [3.8, 4) is 11.3 Å². The Morgan fingerprint density at radius 2 is 2.00 bits per heavy atom. The topological polar surface area (TPSA) is 28.7 Å². The maximum atomic E-state index is 12.3. The summed E-state index contributed by atoms with van der Waals surface area (Å²) in [5, 5.41) is 0. The lowest BCUT2D eigenvalue weighted by Gasteiger charge is -2.01. The Bertz CT molecular complexity index is 500. The fourth-order valence-electron chi connectivity index (χ4n) is 1.42. The highest BCUT2D eigenvalue weighted by Gasteiger charge is 2.34. The highest BCUT2D eigenvalue weighted by molar-refractivity contribution is 5.59. The SMILES string of the molecule is Cc1cccc(-c2cnc(C(F)(F)F)[nH]2)c1. The Kier molecular flexibility index (Phi) is 2.46. The molecular formula is C11H9F3N2. The number of hydrogen-bond donors (Lipinski definition) is 1. The second-order valence-electron chi connectivity index (χ2n) is 3.51. The second kappa shape index (κ2) is 3.66. The van der Waals surface area contributed by atoms with Crippen LogP contribution < -0.4 is 0 Å². The summed E-state index contributed by atoms with van der Waals surface area (Å²) >= 11 is 0. The third-order valence-corrected chi connectivity index (χ3v) is 2.17. The summed E-state index contributed by atoms with van der Waals surface area (Å²) < 4.78 is 36.9. The number of aryl methyl sites for hydroxylation is 1. The normalized spacial score (nSPS) is 11.8. The van der Waals surface area contributed by atoms with Crippen LogP contribution in [0, 0.1) is 6.92 Å². The van der Waals surface area contributed by atoms with Gasteiger partial charge in [-0.05, 0) is 18.6 Å². The predicted molar refractivity (Wildman–Crippen MR) is 53.8 cm³/mol. The number of nitrogens with zero attached hydrogens (tertiary/aromatic N) is 1. The van der Waals surface area contributed by atoms with E-state index in [9.17, 15) is 13.2 Å². The Morgan fingerprint density at radius 1 is 1.25 bits per heavy atom. The van der Waals surface area contributed by atoms with Crippen molar-refractivity contribution >= 4 is 0 Å². The first-order valence-electron chi connectivity index (χ1n) is 4.66. The molecule has 0 fully saturated rings. The molecule has 0 aliphatic rings. The monoisotopic (exact) mass is 226 g/mol. The molecule has 0 saturated carbocycles. The summed E-state index contributed by atoms with van der Waals surface area (Å²) in [5.74, 6) is -0.969. The largest absolute Gasteiger partial charge is 0.449 e. The average molecular weight is 226 g/mol. The summed E-state index contributed by atoms with van der Waals surface area (Å²) in [4.78, 5) is 5.57. The van der Waals surface area contributed by atoms with Crippen molar-refractivity contribution in [1.82, 2.24) is 9.97 Å². The number of nitrogens with one attached hydrogen (secondary N) is 1. The molecule has 0 aliphatic carbocycles. The number of benzene rings is 1. The van der Waals surface area contributed by atoms with E-state index in [0.717, 1.165) is 5.56 Å². The minimum Gasteiger partial charge on any atom is -0.334 e. The highest BCUT2D eigenvalue weighted by atomic mass is 19.4. The Labute approximate surface area is 90.1 Å². The summed E-state index contributed by atoms with van der Waals surface area (Å²) in [6, 6.07) is 7.21. The van der Waals surface area contributed by atoms with Gasteiger partial charge < -0.3 is 4.98 Å². The molecule has 2 nitrogen and oxygen atoms in total. The van der Waals surface area contributed by atoms with E-state index in [0.29, 0.717) is 11.3 Å². The van der Waals surface area contributed by atoms with Gasteiger partial charge in [0, 0.05) is 0 Å². The van der Waals surface area contributed by atoms with E-state index in [4.69, 9.17) is 0 Å². The van der Waals surface area contributed by atoms with Gasteiger partial charge in [0.15, 0.2) is 0 Å². The molecular weight excluding hydrogens is 217 g/mol. The molecule has 0 amide bonds. The minimum atomic E-state index is -4.43. The molecule has 0 radical (unpaired) electrons. The standard InChI is InChI=1S/C11H9F3N2/c1-7-3-2-4-8(5-7)9-6-15-10(16-9)11(12,13)14/h2-6H,1H3,(H,15,16). The van der Waals surface area contributed by atoms with Crippen molar-refractivity contribution in [2.75, 3.05) is 0 Å². The van der Waals surface area contributed by atoms with E-state index in [-0.39, 0.29) is 0 Å². The first-order chi connectivity index (χ1) is 7.47. The number of aromatic amines is 1. The van der Waals surface area contributed by atoms with Gasteiger partial charge in [0.2, 0.25) is 5.82 Å². The zero-order chi connectivity index (χ0) is 11.8. The fourth-order valence-corrected chi connectivity index (χ4v) is 1.42. The Balaban J connectivity index is 2.39. The lowest BCUT2D eigenvalue weighted by molar-refractivity contribution is -0.144. The molecule has 0 unspecified atom stereocenters. The number of imidazole rings is 1. The van der Waals surface area contributed by atoms with Crippen molar-refractivity contribution in [2.24, 2.45) is 0 Å². The number of halogens is 3. The van der Waals surface area contributed by atoms with E-state index >= 15 is 0 Å². The molecule has 0 aliphatic heterocycles. The lowest BCUT2D eigenvalue weighted by atomic mass is 10.1. The summed E-state index contributed by atoms with van der Waals surface area (Å²) in [5.41, 5.74) is 2.06. The van der Waals surface area contributed by atoms with Crippen LogP contribution in [-0.4, -0.2) is 9.97 Å². The quantitative estimate of drug-likeness (QED) is 0.793. The molecule has 1 N–H and O–H groups in total. The molecule has 2 rings (SSSR count). The maximum absolute atomic E-state index is 12.3. The van der Waals surface area contributed by atoms with Gasteiger partial charge >= 0.3 is 6.18 Å². The fraction of sp³-hybridized carbons (Fsp3) is 0.182. The summed E-state index contributed by atoms with van der Waals surface area (Å²) in [6.45, 7) is 1.88. The number of H-pyrrole nitrogens is 1. The molecule has 0 bridgehead atoms. The van der Waals surface area contributed by atoms with Crippen LogP contribution >= 0.6 is 0 Å². The lowest BCUT2D eigenvalue weighted by Crippen LogP contribution is -2.07. The Hall–Kier alpha value is -1.78. The third-order valence-electron chi connectivity index (χ3n) is 2.17. The van der Waals surface area contributed by atoms with Gasteiger partial charge in [0.1, 0.15) is 0 Å². The van der Waals surface area contributed by atoms with E-state index in [2.05, 4.69) is 9.97 Å². The molecule has 5 heteroatoms. The predicted octanol–water partition coefficient (Wildman–Crippen LogP) is 3.40. The molecule has 1 aromatic carbocycles. The smallest absolute Gasteiger partial charge is 0.334 e. The van der Waals surface area contributed by atoms with Crippen LogP contribution in [0.3, 0.4) is 0 Å². The van der Waals surface area contributed by atoms with E-state index < -0.39 is 12.0 Å². The number of hydrogen-bond acceptors (Lipinski definition) is 1. The minimum absolute atomic E-state index is 0.371. The van der Waals surface area contributed by atoms with Gasteiger partial charge in [-0.3, -0.25) is 0 Å². The highest BCUT2D eigenvalue weighted by Crippen LogP contribution is 2.28. The van der Waals surface area contributed by atoms with Crippen LogP contribution in [0.25, 0.3) is 11.3 Å². The van der Waals surface area contributed by atoms with Crippen molar-refractivity contribution < 1.29 is 13.2 Å². The van der Waals surface area contributed by atoms with Gasteiger partial charge in [-0.15, -0.1) is 0 Å². The van der Waals surface area contributed by atoms with Crippen LogP contribution in [0.1, 0.15) is 11.4 Å². The zero-order valence-corrected chi connectivity index (χ0v) is 8.47. The molecule has 0 spiro atoms. The van der Waals surface area contributed by atoms with Gasteiger partial charge in [0.05, 0.1) is 11.9 Å². The van der Waals surface area contributed by atoms with Crippen LogP contribution in [-0.2, 0) is 6.18 Å². The van der Waals surface area contributed by atoms with Gasteiger partial charge in [0.25, 0.3) is 0 Å². The molecule has 16 heavy (non-hydrogen) atoms. The van der Waals surface area contributed by atoms with Crippen molar-refractivity contribution in [3.63, 3.8) is 0 Å². The zero-order valence-electron chi connectivity index (χ0n) is 8.47. The van der Waals surface area contributed by atoms with Crippen LogP contribution in [0.2, 0.25) is 0 Å².